The Balaban J connectivity index is 1.60. The molecule has 1 aliphatic heterocycles. The molecular weight excluding hydrogens is 306 g/mol. The Morgan fingerprint density at radius 2 is 1.88 bits per heavy atom. The standard InChI is InChI=1S/C19H19NO4/c1-2-22-16-6-3-14(4-7-16)17(21)9-10-20-15-5-8-18-19(13-15)24-12-11-23-18/h3-10,13,20H,2,11-12H2,1H3/b10-9+. The lowest BCUT2D eigenvalue weighted by atomic mass is 10.1. The Kier molecular flexibility index (Phi) is 5.01. The topological polar surface area (TPSA) is 56.8 Å². The van der Waals surface area contributed by atoms with E-state index in [1.165, 1.54) is 6.08 Å². The van der Waals surface area contributed by atoms with E-state index in [0.717, 1.165) is 17.2 Å². The van der Waals surface area contributed by atoms with Crippen LogP contribution in [0.2, 0.25) is 0 Å². The predicted octanol–water partition coefficient (Wildman–Crippen LogP) is 3.67. The SMILES string of the molecule is CCOc1ccc(C(=O)/C=C/Nc2ccc3c(c2)OCCO3)cc1. The lowest BCUT2D eigenvalue weighted by Crippen LogP contribution is -2.15. The largest absolute Gasteiger partial charge is 0.494 e. The Bertz CT molecular complexity index is 738. The van der Waals surface area contributed by atoms with Crippen molar-refractivity contribution in [2.45, 2.75) is 6.92 Å². The summed E-state index contributed by atoms with van der Waals surface area (Å²) in [6, 6.07) is 12.7. The van der Waals surface area contributed by atoms with Crippen molar-refractivity contribution in [1.29, 1.82) is 0 Å². The fourth-order valence-electron chi connectivity index (χ4n) is 2.33. The van der Waals surface area contributed by atoms with Crippen LogP contribution in [0.3, 0.4) is 0 Å². The molecular formula is C19H19NO4. The van der Waals surface area contributed by atoms with Crippen LogP contribution < -0.4 is 19.5 Å². The van der Waals surface area contributed by atoms with E-state index in [1.807, 2.05) is 25.1 Å². The highest BCUT2D eigenvalue weighted by molar-refractivity contribution is 6.04. The molecule has 24 heavy (non-hydrogen) atoms. The van der Waals surface area contributed by atoms with Crippen LogP contribution in [0.1, 0.15) is 17.3 Å². The molecule has 124 valence electrons. The van der Waals surface area contributed by atoms with Gasteiger partial charge in [-0.3, -0.25) is 4.79 Å². The first-order valence-corrected chi connectivity index (χ1v) is 7.86. The van der Waals surface area contributed by atoms with Gasteiger partial charge in [0.1, 0.15) is 19.0 Å². The molecule has 0 amide bonds. The predicted molar refractivity (Wildman–Crippen MR) is 92.1 cm³/mol. The molecule has 0 fully saturated rings. The summed E-state index contributed by atoms with van der Waals surface area (Å²) in [5, 5.41) is 3.07. The minimum absolute atomic E-state index is 0.0805. The number of benzene rings is 2. The smallest absolute Gasteiger partial charge is 0.187 e. The number of hydrogen-bond donors (Lipinski definition) is 1. The zero-order valence-corrected chi connectivity index (χ0v) is 13.5. The molecule has 5 nitrogen and oxygen atoms in total. The fraction of sp³-hybridized carbons (Fsp3) is 0.211. The summed E-state index contributed by atoms with van der Waals surface area (Å²) < 4.78 is 16.4. The maximum Gasteiger partial charge on any atom is 0.187 e. The van der Waals surface area contributed by atoms with E-state index >= 15 is 0 Å². The number of carbonyl (C=O) groups excluding carboxylic acids is 1. The van der Waals surface area contributed by atoms with Crippen molar-refractivity contribution in [3.63, 3.8) is 0 Å². The Morgan fingerprint density at radius 1 is 1.12 bits per heavy atom. The monoisotopic (exact) mass is 325 g/mol. The van der Waals surface area contributed by atoms with E-state index < -0.39 is 0 Å². The number of ether oxygens (including phenoxy) is 3. The van der Waals surface area contributed by atoms with E-state index in [2.05, 4.69) is 5.32 Å². The van der Waals surface area contributed by atoms with E-state index in [1.54, 1.807) is 30.5 Å². The van der Waals surface area contributed by atoms with Gasteiger partial charge in [0.15, 0.2) is 17.3 Å². The van der Waals surface area contributed by atoms with Crippen molar-refractivity contribution in [2.75, 3.05) is 25.1 Å². The Morgan fingerprint density at radius 3 is 2.62 bits per heavy atom. The van der Waals surface area contributed by atoms with Gasteiger partial charge in [-0.25, -0.2) is 0 Å². The van der Waals surface area contributed by atoms with Gasteiger partial charge >= 0.3 is 0 Å². The van der Waals surface area contributed by atoms with Gasteiger partial charge in [0.05, 0.1) is 6.61 Å². The summed E-state index contributed by atoms with van der Waals surface area (Å²) >= 11 is 0. The quantitative estimate of drug-likeness (QED) is 0.649. The van der Waals surface area contributed by atoms with Crippen LogP contribution >= 0.6 is 0 Å². The highest BCUT2D eigenvalue weighted by Gasteiger charge is 2.11. The lowest BCUT2D eigenvalue weighted by molar-refractivity contribution is 0.104. The van der Waals surface area contributed by atoms with Gasteiger partial charge in [0.2, 0.25) is 0 Å². The maximum absolute atomic E-state index is 12.1. The third-order valence-corrected chi connectivity index (χ3v) is 3.48. The van der Waals surface area contributed by atoms with Gasteiger partial charge < -0.3 is 19.5 Å². The molecule has 1 heterocycles. The summed E-state index contributed by atoms with van der Waals surface area (Å²) in [5.41, 5.74) is 1.44. The number of allylic oxidation sites excluding steroid dienone is 1. The van der Waals surface area contributed by atoms with Crippen LogP contribution in [0, 0.1) is 0 Å². The van der Waals surface area contributed by atoms with Crippen molar-refractivity contribution in [3.05, 3.63) is 60.3 Å². The van der Waals surface area contributed by atoms with Crippen LogP contribution in [0.4, 0.5) is 5.69 Å². The Hall–Kier alpha value is -2.95. The second-order valence-electron chi connectivity index (χ2n) is 5.16. The van der Waals surface area contributed by atoms with Crippen molar-refractivity contribution >= 4 is 11.5 Å². The first-order valence-electron chi connectivity index (χ1n) is 7.86. The first-order chi connectivity index (χ1) is 11.8. The van der Waals surface area contributed by atoms with Gasteiger partial charge in [-0.05, 0) is 43.3 Å². The van der Waals surface area contributed by atoms with Gasteiger partial charge in [-0.15, -0.1) is 0 Å². The number of fused-ring (bicyclic) bond motifs is 1. The second-order valence-corrected chi connectivity index (χ2v) is 5.16. The lowest BCUT2D eigenvalue weighted by Gasteiger charge is -2.18. The second kappa shape index (κ2) is 7.55. The fourth-order valence-corrected chi connectivity index (χ4v) is 2.33. The molecule has 0 spiro atoms. The molecule has 0 aliphatic carbocycles. The molecule has 3 rings (SSSR count). The van der Waals surface area contributed by atoms with Gasteiger partial charge in [-0.1, -0.05) is 0 Å². The highest BCUT2D eigenvalue weighted by atomic mass is 16.6. The molecule has 0 unspecified atom stereocenters. The molecule has 1 N–H and O–H groups in total. The molecule has 1 aliphatic rings. The van der Waals surface area contributed by atoms with Crippen LogP contribution in [-0.4, -0.2) is 25.6 Å². The minimum atomic E-state index is -0.0805. The van der Waals surface area contributed by atoms with E-state index in [4.69, 9.17) is 14.2 Å². The zero-order valence-electron chi connectivity index (χ0n) is 13.5. The number of hydrogen-bond acceptors (Lipinski definition) is 5. The van der Waals surface area contributed by atoms with Gasteiger partial charge in [-0.2, -0.15) is 0 Å². The molecule has 0 bridgehead atoms. The average molecular weight is 325 g/mol. The van der Waals surface area contributed by atoms with E-state index in [9.17, 15) is 4.79 Å². The summed E-state index contributed by atoms with van der Waals surface area (Å²) in [6.45, 7) is 3.64. The summed E-state index contributed by atoms with van der Waals surface area (Å²) in [7, 11) is 0. The molecule has 5 heteroatoms. The molecule has 0 aromatic heterocycles. The molecule has 2 aromatic carbocycles. The molecule has 2 aromatic rings. The summed E-state index contributed by atoms with van der Waals surface area (Å²) in [4.78, 5) is 12.1. The van der Waals surface area contributed by atoms with Crippen LogP contribution in [0.25, 0.3) is 0 Å². The van der Waals surface area contributed by atoms with Crippen molar-refractivity contribution in [3.8, 4) is 17.2 Å². The van der Waals surface area contributed by atoms with E-state index in [0.29, 0.717) is 31.1 Å². The summed E-state index contributed by atoms with van der Waals surface area (Å²) in [5.74, 6) is 2.12. The molecule has 0 saturated carbocycles. The van der Waals surface area contributed by atoms with Crippen LogP contribution in [0.15, 0.2) is 54.7 Å². The maximum atomic E-state index is 12.1. The summed E-state index contributed by atoms with van der Waals surface area (Å²) in [6.07, 6.45) is 3.11. The number of carbonyl (C=O) groups is 1. The van der Waals surface area contributed by atoms with Crippen molar-refractivity contribution in [2.24, 2.45) is 0 Å². The molecule has 0 radical (unpaired) electrons. The third-order valence-electron chi connectivity index (χ3n) is 3.48. The minimum Gasteiger partial charge on any atom is -0.494 e. The first kappa shape index (κ1) is 15.9. The van der Waals surface area contributed by atoms with Crippen molar-refractivity contribution < 1.29 is 19.0 Å². The number of anilines is 1. The van der Waals surface area contributed by atoms with Gasteiger partial charge in [0, 0.05) is 29.6 Å². The number of rotatable bonds is 6. The van der Waals surface area contributed by atoms with E-state index in [-0.39, 0.29) is 5.78 Å². The van der Waals surface area contributed by atoms with Crippen LogP contribution in [0.5, 0.6) is 17.2 Å². The number of ketones is 1. The third kappa shape index (κ3) is 3.87. The number of nitrogens with one attached hydrogen (secondary N) is 1. The van der Waals surface area contributed by atoms with Crippen molar-refractivity contribution in [1.82, 2.24) is 0 Å². The molecule has 0 atom stereocenters. The Labute approximate surface area is 140 Å². The highest BCUT2D eigenvalue weighted by Crippen LogP contribution is 2.32. The van der Waals surface area contributed by atoms with Gasteiger partial charge in [0.25, 0.3) is 0 Å². The molecule has 0 saturated heterocycles. The van der Waals surface area contributed by atoms with Crippen LogP contribution in [-0.2, 0) is 0 Å². The normalized spacial score (nSPS) is 12.9. The zero-order chi connectivity index (χ0) is 16.8. The average Bonchev–Trinajstić information content (AvgIpc) is 2.62.